The number of ether oxygens (including phenoxy) is 1. The zero-order valence-corrected chi connectivity index (χ0v) is 14.2. The van der Waals surface area contributed by atoms with E-state index in [1.165, 1.54) is 0 Å². The van der Waals surface area contributed by atoms with Gasteiger partial charge >= 0.3 is 0 Å². The number of hydrogen-bond acceptors (Lipinski definition) is 3. The van der Waals surface area contributed by atoms with Crippen LogP contribution in [-0.2, 0) is 4.79 Å². The van der Waals surface area contributed by atoms with Crippen LogP contribution in [0.3, 0.4) is 0 Å². The van der Waals surface area contributed by atoms with Crippen molar-refractivity contribution in [2.24, 2.45) is 0 Å². The molecule has 1 rings (SSSR count). The molecule has 0 aliphatic rings. The first-order chi connectivity index (χ1) is 9.26. The van der Waals surface area contributed by atoms with Gasteiger partial charge in [0.2, 0.25) is 5.91 Å². The molecule has 0 fully saturated rings. The van der Waals surface area contributed by atoms with E-state index in [-0.39, 0.29) is 11.4 Å². The predicted octanol–water partition coefficient (Wildman–Crippen LogP) is 2.67. The predicted molar refractivity (Wildman–Crippen MR) is 85.0 cm³/mol. The number of rotatable bonds is 6. The minimum absolute atomic E-state index is 0.0311. The van der Waals surface area contributed by atoms with Gasteiger partial charge in [0.05, 0.1) is 6.54 Å². The first kappa shape index (κ1) is 17.0. The summed E-state index contributed by atoms with van der Waals surface area (Å²) in [7, 11) is 1.91. The average Bonchev–Trinajstić information content (AvgIpc) is 2.29. The number of nitrogens with zero attached hydrogens (tertiary/aromatic N) is 1. The van der Waals surface area contributed by atoms with Crippen LogP contribution in [0.1, 0.15) is 20.8 Å². The maximum atomic E-state index is 11.7. The molecule has 0 bridgehead atoms. The van der Waals surface area contributed by atoms with E-state index in [9.17, 15) is 4.79 Å². The van der Waals surface area contributed by atoms with Crippen LogP contribution < -0.4 is 10.1 Å². The smallest absolute Gasteiger partial charge is 0.234 e. The highest BCUT2D eigenvalue weighted by molar-refractivity contribution is 9.10. The third-order valence-corrected chi connectivity index (χ3v) is 3.01. The molecule has 0 spiro atoms. The number of amides is 1. The third-order valence-electron chi connectivity index (χ3n) is 2.48. The fourth-order valence-corrected chi connectivity index (χ4v) is 1.90. The third kappa shape index (κ3) is 7.50. The van der Waals surface area contributed by atoms with Crippen LogP contribution in [0.25, 0.3) is 0 Å². The Bertz CT molecular complexity index is 426. The molecule has 0 aromatic heterocycles. The molecule has 0 heterocycles. The van der Waals surface area contributed by atoms with E-state index in [1.54, 1.807) is 0 Å². The van der Waals surface area contributed by atoms with E-state index in [0.29, 0.717) is 19.7 Å². The number of hydrogen-bond donors (Lipinski definition) is 1. The van der Waals surface area contributed by atoms with E-state index >= 15 is 0 Å². The number of likely N-dealkylation sites (N-methyl/N-ethyl adjacent to an activating group) is 1. The van der Waals surface area contributed by atoms with Crippen molar-refractivity contribution in [3.63, 3.8) is 0 Å². The number of nitrogens with one attached hydrogen (secondary N) is 1. The molecule has 0 unspecified atom stereocenters. The van der Waals surface area contributed by atoms with E-state index in [4.69, 9.17) is 4.74 Å². The Morgan fingerprint density at radius 3 is 2.45 bits per heavy atom. The van der Waals surface area contributed by atoms with Crippen molar-refractivity contribution in [2.75, 3.05) is 26.7 Å². The Balaban J connectivity index is 2.24. The van der Waals surface area contributed by atoms with Crippen molar-refractivity contribution in [1.82, 2.24) is 10.2 Å². The Morgan fingerprint density at radius 1 is 1.30 bits per heavy atom. The highest BCUT2D eigenvalue weighted by Gasteiger charge is 2.14. The van der Waals surface area contributed by atoms with Gasteiger partial charge < -0.3 is 10.1 Å². The Kier molecular flexibility index (Phi) is 6.49. The molecular weight excluding hydrogens is 320 g/mol. The number of carbonyl (C=O) groups excluding carboxylic acids is 1. The number of halogens is 1. The fraction of sp³-hybridized carbons (Fsp3) is 0.533. The summed E-state index contributed by atoms with van der Waals surface area (Å²) in [5.74, 6) is 0.865. The summed E-state index contributed by atoms with van der Waals surface area (Å²) >= 11 is 3.38. The van der Waals surface area contributed by atoms with Gasteiger partial charge in [0.25, 0.3) is 0 Å². The molecule has 1 aromatic carbocycles. The summed E-state index contributed by atoms with van der Waals surface area (Å²) in [5.41, 5.74) is -0.189. The monoisotopic (exact) mass is 342 g/mol. The SMILES string of the molecule is CN(CCOc1ccc(Br)cc1)CC(=O)NC(C)(C)C. The molecule has 4 nitrogen and oxygen atoms in total. The lowest BCUT2D eigenvalue weighted by Crippen LogP contribution is -2.45. The van der Waals surface area contributed by atoms with Crippen LogP contribution in [0.5, 0.6) is 5.75 Å². The standard InChI is InChI=1S/C15H23BrN2O2/c1-15(2,3)17-14(19)11-18(4)9-10-20-13-7-5-12(16)6-8-13/h5-8H,9-11H2,1-4H3,(H,17,19). The topological polar surface area (TPSA) is 41.6 Å². The zero-order chi connectivity index (χ0) is 15.2. The van der Waals surface area contributed by atoms with Crippen molar-refractivity contribution in [3.05, 3.63) is 28.7 Å². The van der Waals surface area contributed by atoms with E-state index in [2.05, 4.69) is 21.2 Å². The quantitative estimate of drug-likeness (QED) is 0.864. The van der Waals surface area contributed by atoms with Gasteiger partial charge in [-0.1, -0.05) is 15.9 Å². The van der Waals surface area contributed by atoms with Crippen LogP contribution >= 0.6 is 15.9 Å². The second kappa shape index (κ2) is 7.64. The summed E-state index contributed by atoms with van der Waals surface area (Å²) in [5, 5.41) is 2.94. The van der Waals surface area contributed by atoms with Gasteiger partial charge in [-0.3, -0.25) is 9.69 Å². The molecule has 0 aliphatic carbocycles. The summed E-state index contributed by atoms with van der Waals surface area (Å²) in [4.78, 5) is 13.7. The second-order valence-electron chi connectivity index (χ2n) is 5.84. The van der Waals surface area contributed by atoms with Crippen LogP contribution in [0.4, 0.5) is 0 Å². The van der Waals surface area contributed by atoms with Crippen LogP contribution in [0, 0.1) is 0 Å². The molecule has 0 saturated heterocycles. The fourth-order valence-electron chi connectivity index (χ4n) is 1.63. The molecule has 1 N–H and O–H groups in total. The molecule has 0 radical (unpaired) electrons. The zero-order valence-electron chi connectivity index (χ0n) is 12.6. The van der Waals surface area contributed by atoms with E-state index < -0.39 is 0 Å². The van der Waals surface area contributed by atoms with Crippen molar-refractivity contribution in [1.29, 1.82) is 0 Å². The molecule has 5 heteroatoms. The van der Waals surface area contributed by atoms with Gasteiger partial charge in [-0.2, -0.15) is 0 Å². The first-order valence-electron chi connectivity index (χ1n) is 6.64. The van der Waals surface area contributed by atoms with Gasteiger partial charge in [0.1, 0.15) is 12.4 Å². The molecule has 0 aliphatic heterocycles. The number of carbonyl (C=O) groups is 1. The highest BCUT2D eigenvalue weighted by atomic mass is 79.9. The maximum Gasteiger partial charge on any atom is 0.234 e. The van der Waals surface area contributed by atoms with Gasteiger partial charge in [-0.15, -0.1) is 0 Å². The Hall–Kier alpha value is -1.07. The molecule has 1 amide bonds. The second-order valence-corrected chi connectivity index (χ2v) is 6.75. The largest absolute Gasteiger partial charge is 0.492 e. The highest BCUT2D eigenvalue weighted by Crippen LogP contribution is 2.15. The minimum Gasteiger partial charge on any atom is -0.492 e. The lowest BCUT2D eigenvalue weighted by atomic mass is 10.1. The van der Waals surface area contributed by atoms with Gasteiger partial charge in [0.15, 0.2) is 0 Å². The minimum atomic E-state index is -0.189. The lowest BCUT2D eigenvalue weighted by molar-refractivity contribution is -0.123. The summed E-state index contributed by atoms with van der Waals surface area (Å²) in [6.07, 6.45) is 0. The van der Waals surface area contributed by atoms with Crippen LogP contribution in [0.2, 0.25) is 0 Å². The van der Waals surface area contributed by atoms with Crippen molar-refractivity contribution in [3.8, 4) is 5.75 Å². The first-order valence-corrected chi connectivity index (χ1v) is 7.43. The Labute approximate surface area is 129 Å². The molecular formula is C15H23BrN2O2. The van der Waals surface area contributed by atoms with E-state index in [0.717, 1.165) is 10.2 Å². The lowest BCUT2D eigenvalue weighted by Gasteiger charge is -2.23. The van der Waals surface area contributed by atoms with Gasteiger partial charge in [-0.25, -0.2) is 0 Å². The molecule has 1 aromatic rings. The van der Waals surface area contributed by atoms with Gasteiger partial charge in [0, 0.05) is 16.6 Å². The Morgan fingerprint density at radius 2 is 1.90 bits per heavy atom. The molecule has 0 atom stereocenters. The molecule has 20 heavy (non-hydrogen) atoms. The van der Waals surface area contributed by atoms with Crippen LogP contribution in [-0.4, -0.2) is 43.1 Å². The van der Waals surface area contributed by atoms with Gasteiger partial charge in [-0.05, 0) is 52.1 Å². The summed E-state index contributed by atoms with van der Waals surface area (Å²) in [6, 6.07) is 7.71. The molecule has 0 saturated carbocycles. The van der Waals surface area contributed by atoms with Crippen LogP contribution in [0.15, 0.2) is 28.7 Å². The van der Waals surface area contributed by atoms with E-state index in [1.807, 2.05) is 57.0 Å². The van der Waals surface area contributed by atoms with Crippen molar-refractivity contribution >= 4 is 21.8 Å². The molecule has 112 valence electrons. The summed E-state index contributed by atoms with van der Waals surface area (Å²) in [6.45, 7) is 7.56. The normalized spacial score (nSPS) is 11.5. The van der Waals surface area contributed by atoms with Crippen molar-refractivity contribution in [2.45, 2.75) is 26.3 Å². The summed E-state index contributed by atoms with van der Waals surface area (Å²) < 4.78 is 6.65. The average molecular weight is 343 g/mol. The number of benzene rings is 1. The van der Waals surface area contributed by atoms with Crippen molar-refractivity contribution < 1.29 is 9.53 Å². The maximum absolute atomic E-state index is 11.7.